The first-order chi connectivity index (χ1) is 14.1. The summed E-state index contributed by atoms with van der Waals surface area (Å²) < 4.78 is 0. The van der Waals surface area contributed by atoms with E-state index < -0.39 is 0 Å². The smallest absolute Gasteiger partial charge is 0.270 e. The van der Waals surface area contributed by atoms with Crippen LogP contribution in [0.1, 0.15) is 27.2 Å². The Morgan fingerprint density at radius 3 is 2.59 bits per heavy atom. The molecule has 4 aromatic rings. The number of aromatic nitrogens is 2. The van der Waals surface area contributed by atoms with E-state index >= 15 is 0 Å². The van der Waals surface area contributed by atoms with Crippen LogP contribution in [0.15, 0.2) is 83.9 Å². The van der Waals surface area contributed by atoms with Crippen LogP contribution in [-0.2, 0) is 13.1 Å². The molecule has 0 aliphatic rings. The predicted octanol–water partition coefficient (Wildman–Crippen LogP) is 4.07. The first kappa shape index (κ1) is 18.6. The summed E-state index contributed by atoms with van der Waals surface area (Å²) >= 11 is 0. The number of amides is 1. The van der Waals surface area contributed by atoms with Gasteiger partial charge in [-0.1, -0.05) is 48.5 Å². The lowest BCUT2D eigenvalue weighted by Gasteiger charge is -2.24. The van der Waals surface area contributed by atoms with Gasteiger partial charge in [-0.2, -0.15) is 0 Å². The number of hydrogen-bond acceptors (Lipinski definition) is 3. The van der Waals surface area contributed by atoms with E-state index in [1.807, 2.05) is 61.5 Å². The van der Waals surface area contributed by atoms with Gasteiger partial charge in [0, 0.05) is 30.9 Å². The lowest BCUT2D eigenvalue weighted by molar-refractivity contribution is 0.0723. The molecular formula is C24H21N3O2. The van der Waals surface area contributed by atoms with Crippen LogP contribution in [0.3, 0.4) is 0 Å². The summed E-state index contributed by atoms with van der Waals surface area (Å²) in [6.07, 6.45) is 3.46. The fourth-order valence-electron chi connectivity index (χ4n) is 3.40. The molecule has 1 N–H and O–H groups in total. The van der Waals surface area contributed by atoms with Crippen molar-refractivity contribution in [3.63, 3.8) is 0 Å². The predicted molar refractivity (Wildman–Crippen MR) is 114 cm³/mol. The number of hydrogen-bond donors (Lipinski definition) is 1. The van der Waals surface area contributed by atoms with Crippen molar-refractivity contribution in [1.82, 2.24) is 14.9 Å². The molecule has 5 heteroatoms. The Hall–Kier alpha value is -3.73. The van der Waals surface area contributed by atoms with Crippen molar-refractivity contribution in [2.24, 2.45) is 0 Å². The van der Waals surface area contributed by atoms with Crippen LogP contribution in [0.25, 0.3) is 10.8 Å². The topological polar surface area (TPSA) is 66.1 Å². The molecule has 0 atom stereocenters. The second-order valence-electron chi connectivity index (χ2n) is 7.05. The van der Waals surface area contributed by atoms with E-state index in [0.29, 0.717) is 18.5 Å². The summed E-state index contributed by atoms with van der Waals surface area (Å²) in [6.45, 7) is 2.87. The number of nitrogens with one attached hydrogen (secondary N) is 1. The van der Waals surface area contributed by atoms with Gasteiger partial charge in [0.15, 0.2) is 0 Å². The third-order valence-electron chi connectivity index (χ3n) is 4.99. The number of benzene rings is 2. The average molecular weight is 383 g/mol. The number of carbonyl (C=O) groups is 1. The zero-order chi connectivity index (χ0) is 20.2. The van der Waals surface area contributed by atoms with E-state index in [1.165, 1.54) is 0 Å². The number of aromatic amines is 1. The van der Waals surface area contributed by atoms with E-state index in [9.17, 15) is 9.59 Å². The summed E-state index contributed by atoms with van der Waals surface area (Å²) in [7, 11) is 0. The average Bonchev–Trinajstić information content (AvgIpc) is 2.75. The summed E-state index contributed by atoms with van der Waals surface area (Å²) in [5.41, 5.74) is 3.13. The van der Waals surface area contributed by atoms with Gasteiger partial charge in [0.25, 0.3) is 11.5 Å². The zero-order valence-electron chi connectivity index (χ0n) is 16.1. The van der Waals surface area contributed by atoms with Crippen LogP contribution in [0.5, 0.6) is 0 Å². The number of aryl methyl sites for hydroxylation is 1. The van der Waals surface area contributed by atoms with Crippen molar-refractivity contribution < 1.29 is 4.79 Å². The SMILES string of the molecule is Cc1ccccc1CN(Cc1cccnc1)C(=O)c1cc2ccccc2c(=O)[nH]1. The van der Waals surface area contributed by atoms with Crippen molar-refractivity contribution in [2.45, 2.75) is 20.0 Å². The monoisotopic (exact) mass is 383 g/mol. The standard InChI is InChI=1S/C24H21N3O2/c1-17-7-2-3-10-20(17)16-27(15-18-8-6-12-25-14-18)24(29)22-13-19-9-4-5-11-21(19)23(28)26-22/h2-14H,15-16H2,1H3,(H,26,28). The molecule has 5 nitrogen and oxygen atoms in total. The maximum absolute atomic E-state index is 13.4. The van der Waals surface area contributed by atoms with Crippen LogP contribution >= 0.6 is 0 Å². The molecule has 0 saturated carbocycles. The molecule has 144 valence electrons. The highest BCUT2D eigenvalue weighted by atomic mass is 16.2. The van der Waals surface area contributed by atoms with E-state index in [-0.39, 0.29) is 17.2 Å². The second-order valence-corrected chi connectivity index (χ2v) is 7.05. The molecule has 2 aromatic carbocycles. The van der Waals surface area contributed by atoms with Gasteiger partial charge in [0.2, 0.25) is 0 Å². The van der Waals surface area contributed by atoms with Gasteiger partial charge in [-0.15, -0.1) is 0 Å². The molecule has 0 fully saturated rings. The molecule has 0 bridgehead atoms. The Labute approximate surface area is 168 Å². The van der Waals surface area contributed by atoms with E-state index in [1.54, 1.807) is 29.4 Å². The molecule has 4 rings (SSSR count). The van der Waals surface area contributed by atoms with E-state index in [2.05, 4.69) is 9.97 Å². The van der Waals surface area contributed by atoms with Crippen LogP contribution < -0.4 is 5.56 Å². The zero-order valence-corrected chi connectivity index (χ0v) is 16.1. The number of nitrogens with zero attached hydrogens (tertiary/aromatic N) is 2. The third kappa shape index (κ3) is 4.09. The van der Waals surface area contributed by atoms with Gasteiger partial charge in [0.1, 0.15) is 5.69 Å². The Morgan fingerprint density at radius 1 is 1.00 bits per heavy atom. The van der Waals surface area contributed by atoms with Crippen molar-refractivity contribution in [3.8, 4) is 0 Å². The second kappa shape index (κ2) is 8.10. The molecule has 0 saturated heterocycles. The fraction of sp³-hybridized carbons (Fsp3) is 0.125. The molecular weight excluding hydrogens is 362 g/mol. The van der Waals surface area contributed by atoms with Gasteiger partial charge < -0.3 is 9.88 Å². The fourth-order valence-corrected chi connectivity index (χ4v) is 3.40. The molecule has 2 heterocycles. The van der Waals surface area contributed by atoms with Crippen LogP contribution in [0, 0.1) is 6.92 Å². The highest BCUT2D eigenvalue weighted by Gasteiger charge is 2.19. The normalized spacial score (nSPS) is 10.8. The van der Waals surface area contributed by atoms with Crippen molar-refractivity contribution in [2.75, 3.05) is 0 Å². The highest BCUT2D eigenvalue weighted by Crippen LogP contribution is 2.17. The maximum atomic E-state index is 13.4. The minimum atomic E-state index is -0.260. The third-order valence-corrected chi connectivity index (χ3v) is 4.99. The number of pyridine rings is 2. The van der Waals surface area contributed by atoms with E-state index in [0.717, 1.165) is 22.1 Å². The molecule has 0 spiro atoms. The highest BCUT2D eigenvalue weighted by molar-refractivity contribution is 5.96. The summed E-state index contributed by atoms with van der Waals surface area (Å²) in [4.78, 5) is 34.5. The molecule has 0 aliphatic heterocycles. The lowest BCUT2D eigenvalue weighted by atomic mass is 10.1. The largest absolute Gasteiger partial charge is 0.329 e. The van der Waals surface area contributed by atoms with Gasteiger partial charge in [-0.05, 0) is 47.2 Å². The number of fused-ring (bicyclic) bond motifs is 1. The van der Waals surface area contributed by atoms with E-state index in [4.69, 9.17) is 0 Å². The summed E-state index contributed by atoms with van der Waals surface area (Å²) in [5.74, 6) is -0.222. The number of carbonyl (C=O) groups excluding carboxylic acids is 1. The maximum Gasteiger partial charge on any atom is 0.270 e. The minimum absolute atomic E-state index is 0.222. The molecule has 2 aromatic heterocycles. The van der Waals surface area contributed by atoms with Crippen molar-refractivity contribution in [3.05, 3.63) is 112 Å². The lowest BCUT2D eigenvalue weighted by Crippen LogP contribution is -2.32. The van der Waals surface area contributed by atoms with Crippen LogP contribution in [0.4, 0.5) is 0 Å². The first-order valence-corrected chi connectivity index (χ1v) is 9.46. The quantitative estimate of drug-likeness (QED) is 0.565. The first-order valence-electron chi connectivity index (χ1n) is 9.46. The molecule has 1 amide bonds. The molecule has 0 radical (unpaired) electrons. The molecule has 0 unspecified atom stereocenters. The number of H-pyrrole nitrogens is 1. The van der Waals surface area contributed by atoms with Crippen LogP contribution in [0.2, 0.25) is 0 Å². The summed E-state index contributed by atoms with van der Waals surface area (Å²) in [6, 6.07) is 20.8. The van der Waals surface area contributed by atoms with Gasteiger partial charge in [-0.25, -0.2) is 0 Å². The minimum Gasteiger partial charge on any atom is -0.329 e. The van der Waals surface area contributed by atoms with Crippen molar-refractivity contribution >= 4 is 16.7 Å². The molecule has 0 aliphatic carbocycles. The van der Waals surface area contributed by atoms with Gasteiger partial charge in [-0.3, -0.25) is 14.6 Å². The Balaban J connectivity index is 1.72. The number of rotatable bonds is 5. The Morgan fingerprint density at radius 2 is 1.79 bits per heavy atom. The molecule has 29 heavy (non-hydrogen) atoms. The van der Waals surface area contributed by atoms with Gasteiger partial charge in [0.05, 0.1) is 0 Å². The Kier molecular flexibility index (Phi) is 5.20. The van der Waals surface area contributed by atoms with Crippen LogP contribution in [-0.4, -0.2) is 20.8 Å². The van der Waals surface area contributed by atoms with Gasteiger partial charge >= 0.3 is 0 Å². The Bertz CT molecular complexity index is 1220. The summed E-state index contributed by atoms with van der Waals surface area (Å²) in [5, 5.41) is 1.32. The van der Waals surface area contributed by atoms with Crippen molar-refractivity contribution in [1.29, 1.82) is 0 Å².